The van der Waals surface area contributed by atoms with E-state index in [4.69, 9.17) is 4.43 Å². The zero-order valence-corrected chi connectivity index (χ0v) is 10.5. The molecule has 0 aromatic heterocycles. The van der Waals surface area contributed by atoms with Gasteiger partial charge in [0.05, 0.1) is 5.60 Å². The predicted octanol–water partition coefficient (Wildman–Crippen LogP) is 1.92. The molecule has 13 heavy (non-hydrogen) atoms. The van der Waals surface area contributed by atoms with Gasteiger partial charge in [0.1, 0.15) is 0 Å². The van der Waals surface area contributed by atoms with Crippen LogP contribution in [-0.2, 0) is 4.43 Å². The van der Waals surface area contributed by atoms with Gasteiger partial charge in [0.25, 0.3) is 0 Å². The summed E-state index contributed by atoms with van der Waals surface area (Å²) in [4.78, 5) is 19.6. The van der Waals surface area contributed by atoms with Gasteiger partial charge >= 0.3 is 8.80 Å². The molecule has 0 radical (unpaired) electrons. The van der Waals surface area contributed by atoms with Crippen molar-refractivity contribution in [3.05, 3.63) is 0 Å². The molecule has 0 fully saturated rings. The molecule has 0 unspecified atom stereocenters. The second kappa shape index (κ2) is 3.69. The van der Waals surface area contributed by atoms with E-state index in [-0.39, 0.29) is 0 Å². The lowest BCUT2D eigenvalue weighted by Crippen LogP contribution is -2.52. The number of hydrogen-bond acceptors (Lipinski definition) is 3. The lowest BCUT2D eigenvalue weighted by atomic mass is 10.1. The van der Waals surface area contributed by atoms with Crippen LogP contribution in [0.4, 0.5) is 0 Å². The van der Waals surface area contributed by atoms with Crippen LogP contribution in [0.1, 0.15) is 48.0 Å². The van der Waals surface area contributed by atoms with E-state index >= 15 is 0 Å². The smallest absolute Gasteiger partial charge is 0.389 e. The Hall–Kier alpha value is 0.0969. The normalized spacial score (nSPS) is 14.8. The van der Waals surface area contributed by atoms with Crippen molar-refractivity contribution in [3.8, 4) is 0 Å². The zero-order valence-electron chi connectivity index (χ0n) is 9.51. The highest BCUT2D eigenvalue weighted by Gasteiger charge is 2.49. The Labute approximate surface area is 82.1 Å². The average molecular weight is 206 g/mol. The second-order valence-corrected chi connectivity index (χ2v) is 7.99. The highest BCUT2D eigenvalue weighted by molar-refractivity contribution is 6.61. The Balaban J connectivity index is 4.52. The van der Waals surface area contributed by atoms with Gasteiger partial charge in [-0.2, -0.15) is 0 Å². The molecule has 4 heteroatoms. The molecule has 3 nitrogen and oxygen atoms in total. The van der Waals surface area contributed by atoms with Gasteiger partial charge in [-0.1, -0.05) is 27.7 Å². The molecule has 0 rings (SSSR count). The third kappa shape index (κ3) is 3.77. The first-order valence-corrected chi connectivity index (χ1v) is 6.47. The summed E-state index contributed by atoms with van der Waals surface area (Å²) in [5.41, 5.74) is -0.455. The van der Waals surface area contributed by atoms with E-state index in [1.807, 2.05) is 20.8 Å². The quantitative estimate of drug-likeness (QED) is 0.694. The number of hydrogen-bond donors (Lipinski definition) is 2. The standard InChI is InChI=1S/C9H22O3Si/c1-7-9(5,6)12-13(10,11)8(2,3)4/h10-11H,7H2,1-6H3. The molecule has 0 aromatic rings. The fraction of sp³-hybridized carbons (Fsp3) is 1.00. The lowest BCUT2D eigenvalue weighted by molar-refractivity contribution is 0.0110. The fourth-order valence-electron chi connectivity index (χ4n) is 0.611. The minimum absolute atomic E-state index is 0.455. The van der Waals surface area contributed by atoms with Gasteiger partial charge < -0.3 is 14.0 Å². The molecular weight excluding hydrogens is 184 g/mol. The Bertz CT molecular complexity index is 170. The molecule has 0 bridgehead atoms. The molecule has 0 amide bonds. The minimum Gasteiger partial charge on any atom is -0.389 e. The Kier molecular flexibility index (Phi) is 3.72. The van der Waals surface area contributed by atoms with Gasteiger partial charge in [-0.15, -0.1) is 0 Å². The molecule has 0 aliphatic heterocycles. The SMILES string of the molecule is CCC(C)(C)O[Si](O)(O)C(C)(C)C. The summed E-state index contributed by atoms with van der Waals surface area (Å²) >= 11 is 0. The van der Waals surface area contributed by atoms with Crippen LogP contribution in [0, 0.1) is 0 Å². The fourth-order valence-corrected chi connectivity index (χ4v) is 1.83. The van der Waals surface area contributed by atoms with Crippen molar-refractivity contribution >= 4 is 8.80 Å². The molecule has 0 saturated heterocycles. The molecule has 0 aliphatic rings. The van der Waals surface area contributed by atoms with E-state index in [1.54, 1.807) is 20.8 Å². The van der Waals surface area contributed by atoms with Gasteiger partial charge in [-0.3, -0.25) is 0 Å². The van der Waals surface area contributed by atoms with Crippen molar-refractivity contribution in [2.75, 3.05) is 0 Å². The molecule has 80 valence electrons. The summed E-state index contributed by atoms with van der Waals surface area (Å²) < 4.78 is 5.39. The van der Waals surface area contributed by atoms with Crippen LogP contribution in [0.25, 0.3) is 0 Å². The van der Waals surface area contributed by atoms with Gasteiger partial charge in [0.15, 0.2) is 0 Å². The van der Waals surface area contributed by atoms with Crippen LogP contribution >= 0.6 is 0 Å². The minimum atomic E-state index is -3.56. The molecule has 0 spiro atoms. The monoisotopic (exact) mass is 206 g/mol. The highest BCUT2D eigenvalue weighted by Crippen LogP contribution is 2.35. The molecule has 2 N–H and O–H groups in total. The summed E-state index contributed by atoms with van der Waals surface area (Å²) in [5.74, 6) is 0. The van der Waals surface area contributed by atoms with Crippen LogP contribution in [0.5, 0.6) is 0 Å². The predicted molar refractivity (Wildman–Crippen MR) is 55.4 cm³/mol. The molecule has 0 saturated carbocycles. The molecular formula is C9H22O3Si. The van der Waals surface area contributed by atoms with Gasteiger partial charge in [0.2, 0.25) is 0 Å². The first-order valence-electron chi connectivity index (χ1n) is 4.67. The average Bonchev–Trinajstić information content (AvgIpc) is 1.83. The van der Waals surface area contributed by atoms with E-state index in [0.29, 0.717) is 0 Å². The summed E-state index contributed by atoms with van der Waals surface area (Å²) in [6.45, 7) is 11.0. The Morgan fingerprint density at radius 2 is 1.46 bits per heavy atom. The van der Waals surface area contributed by atoms with Crippen LogP contribution < -0.4 is 0 Å². The van der Waals surface area contributed by atoms with E-state index in [9.17, 15) is 9.59 Å². The first kappa shape index (κ1) is 13.1. The largest absolute Gasteiger partial charge is 0.501 e. The maximum absolute atomic E-state index is 9.79. The van der Waals surface area contributed by atoms with Crippen molar-refractivity contribution in [1.29, 1.82) is 0 Å². The van der Waals surface area contributed by atoms with E-state index in [1.165, 1.54) is 0 Å². The van der Waals surface area contributed by atoms with Crippen LogP contribution in [0.2, 0.25) is 5.04 Å². The van der Waals surface area contributed by atoms with Crippen molar-refractivity contribution < 1.29 is 14.0 Å². The molecule has 0 aliphatic carbocycles. The highest BCUT2D eigenvalue weighted by atomic mass is 28.4. The third-order valence-corrected chi connectivity index (χ3v) is 5.04. The van der Waals surface area contributed by atoms with Gasteiger partial charge in [-0.25, -0.2) is 0 Å². The van der Waals surface area contributed by atoms with E-state index in [2.05, 4.69) is 0 Å². The summed E-state index contributed by atoms with van der Waals surface area (Å²) in [6.07, 6.45) is 0.763. The van der Waals surface area contributed by atoms with Crippen LogP contribution in [-0.4, -0.2) is 24.0 Å². The summed E-state index contributed by atoms with van der Waals surface area (Å²) in [6, 6.07) is 0. The zero-order chi connectivity index (χ0) is 10.9. The van der Waals surface area contributed by atoms with Crippen molar-refractivity contribution in [1.82, 2.24) is 0 Å². The maximum Gasteiger partial charge on any atom is 0.501 e. The van der Waals surface area contributed by atoms with Crippen molar-refractivity contribution in [3.63, 3.8) is 0 Å². The van der Waals surface area contributed by atoms with E-state index < -0.39 is 19.4 Å². The van der Waals surface area contributed by atoms with Crippen LogP contribution in [0.15, 0.2) is 0 Å². The summed E-state index contributed by atoms with van der Waals surface area (Å²) in [7, 11) is -3.56. The molecule has 0 aromatic carbocycles. The molecule has 0 heterocycles. The van der Waals surface area contributed by atoms with Crippen LogP contribution in [0.3, 0.4) is 0 Å². The maximum atomic E-state index is 9.79. The third-order valence-electron chi connectivity index (χ3n) is 2.25. The summed E-state index contributed by atoms with van der Waals surface area (Å²) in [5, 5.41) is -0.570. The van der Waals surface area contributed by atoms with E-state index in [0.717, 1.165) is 6.42 Å². The lowest BCUT2D eigenvalue weighted by Gasteiger charge is -2.37. The van der Waals surface area contributed by atoms with Crippen molar-refractivity contribution in [2.24, 2.45) is 0 Å². The Morgan fingerprint density at radius 3 is 1.69 bits per heavy atom. The van der Waals surface area contributed by atoms with Gasteiger partial charge in [-0.05, 0) is 20.3 Å². The first-order chi connectivity index (χ1) is 5.52. The van der Waals surface area contributed by atoms with Crippen molar-refractivity contribution in [2.45, 2.75) is 58.6 Å². The van der Waals surface area contributed by atoms with Gasteiger partial charge in [0, 0.05) is 5.04 Å². The second-order valence-electron chi connectivity index (χ2n) is 5.07. The topological polar surface area (TPSA) is 49.7 Å². The number of rotatable bonds is 3. The molecule has 0 atom stereocenters. The Morgan fingerprint density at radius 1 is 1.08 bits per heavy atom.